The molecule has 0 atom stereocenters. The number of nitrogens with one attached hydrogen (secondary N) is 1. The van der Waals surface area contributed by atoms with E-state index in [0.717, 1.165) is 7.11 Å². The molecule has 4 rings (SSSR count). The predicted molar refractivity (Wildman–Crippen MR) is 125 cm³/mol. The van der Waals surface area contributed by atoms with Crippen LogP contribution in [-0.4, -0.2) is 42.5 Å². The number of nitrogens with zero attached hydrogens (tertiary/aromatic N) is 4. The zero-order valence-electron chi connectivity index (χ0n) is 27.5. The van der Waals surface area contributed by atoms with E-state index in [-0.39, 0.29) is 17.1 Å². The van der Waals surface area contributed by atoms with Crippen molar-refractivity contribution >= 4 is 15.8 Å². The molecule has 3 aromatic heterocycles. The summed E-state index contributed by atoms with van der Waals surface area (Å²) in [6.45, 7) is 1.32. The summed E-state index contributed by atoms with van der Waals surface area (Å²) in [5.74, 6) is -2.97. The first-order valence-electron chi connectivity index (χ1n) is 14.3. The molecular formula is C23H21N5O5S. The maximum Gasteiger partial charge on any atom is 0.280 e. The zero-order valence-corrected chi connectivity index (χ0v) is 18.4. The molecule has 0 aliphatic rings. The number of hydrogen-bond acceptors (Lipinski definition) is 9. The van der Waals surface area contributed by atoms with Crippen molar-refractivity contribution in [3.05, 3.63) is 72.5 Å². The Balaban J connectivity index is 1.99. The number of hydrogen-bond donors (Lipinski definition) is 1. The van der Waals surface area contributed by atoms with Crippen LogP contribution in [-0.2, 0) is 10.0 Å². The van der Waals surface area contributed by atoms with Crippen molar-refractivity contribution < 1.29 is 36.3 Å². The van der Waals surface area contributed by atoms with E-state index < -0.39 is 93.6 Å². The van der Waals surface area contributed by atoms with Crippen molar-refractivity contribution in [3.63, 3.8) is 0 Å². The van der Waals surface area contributed by atoms with E-state index >= 15 is 0 Å². The summed E-state index contributed by atoms with van der Waals surface area (Å²) in [7, 11) is -6.74. The number of anilines is 1. The Hall–Kier alpha value is -4.25. The lowest BCUT2D eigenvalue weighted by atomic mass is 10.2. The Morgan fingerprint density at radius 2 is 1.79 bits per heavy atom. The molecule has 1 aromatic carbocycles. The van der Waals surface area contributed by atoms with Gasteiger partial charge in [-0.25, -0.2) is 9.97 Å². The second-order valence-corrected chi connectivity index (χ2v) is 7.95. The molecule has 0 saturated carbocycles. The fraction of sp³-hybridized carbons (Fsp3) is 0.130. The third-order valence-corrected chi connectivity index (χ3v) is 5.23. The van der Waals surface area contributed by atoms with Crippen LogP contribution in [0.2, 0.25) is 0 Å². The molecule has 0 radical (unpaired) electrons. The van der Waals surface area contributed by atoms with E-state index in [0.29, 0.717) is 0 Å². The van der Waals surface area contributed by atoms with Gasteiger partial charge in [0.25, 0.3) is 15.9 Å². The van der Waals surface area contributed by atoms with Gasteiger partial charge < -0.3 is 14.2 Å². The zero-order chi connectivity index (χ0) is 32.7. The first-order chi connectivity index (χ1) is 20.4. The standard InChI is InChI=1S/C23H21N5O5S/c1-15-8-9-19(25-14-15)34(29,30)28-22-20(33-18-7-5-4-6-17(18)31-2)23(32-3)27-21(26-22)16-10-12-24-13-11-16/h4-14H,1-3H3,(H,26,27,28)/i2D3,8D,9D,10D,11D,12D,13D,14D. The van der Waals surface area contributed by atoms with Crippen LogP contribution in [0.1, 0.15) is 19.3 Å². The van der Waals surface area contributed by atoms with E-state index in [1.54, 1.807) is 0 Å². The monoisotopic (exact) mass is 489 g/mol. The van der Waals surface area contributed by atoms with Gasteiger partial charge in [0.15, 0.2) is 28.2 Å². The highest BCUT2D eigenvalue weighted by atomic mass is 32.2. The lowest BCUT2D eigenvalue weighted by molar-refractivity contribution is 0.348. The molecule has 0 unspecified atom stereocenters. The minimum atomic E-state index is -4.94. The highest BCUT2D eigenvalue weighted by molar-refractivity contribution is 7.92. The Morgan fingerprint density at radius 3 is 2.53 bits per heavy atom. The molecule has 174 valence electrons. The smallest absolute Gasteiger partial charge is 0.280 e. The largest absolute Gasteiger partial charge is 0.493 e. The third-order valence-electron chi connectivity index (χ3n) is 4.06. The average molecular weight is 490 g/mol. The van der Waals surface area contributed by atoms with Crippen LogP contribution in [0.3, 0.4) is 0 Å². The number of pyridine rings is 2. The van der Waals surface area contributed by atoms with Crippen molar-refractivity contribution in [2.24, 2.45) is 0 Å². The van der Waals surface area contributed by atoms with E-state index in [2.05, 4.69) is 19.9 Å². The summed E-state index contributed by atoms with van der Waals surface area (Å²) in [6, 6.07) is 2.68. The summed E-state index contributed by atoms with van der Waals surface area (Å²) in [6.07, 6.45) is -1.98. The van der Waals surface area contributed by atoms with Gasteiger partial charge in [0.05, 0.1) is 27.9 Å². The van der Waals surface area contributed by atoms with Crippen molar-refractivity contribution in [2.75, 3.05) is 18.9 Å². The van der Waals surface area contributed by atoms with Crippen LogP contribution in [0.4, 0.5) is 5.82 Å². The Labute approximate surface area is 210 Å². The van der Waals surface area contributed by atoms with Crippen molar-refractivity contribution in [3.8, 4) is 34.5 Å². The molecule has 34 heavy (non-hydrogen) atoms. The Kier molecular flexibility index (Phi) is 3.84. The highest BCUT2D eigenvalue weighted by Crippen LogP contribution is 2.41. The molecule has 0 aliphatic carbocycles. The molecule has 4 aromatic rings. The topological polar surface area (TPSA) is 125 Å². The van der Waals surface area contributed by atoms with Crippen molar-refractivity contribution in [1.29, 1.82) is 0 Å². The van der Waals surface area contributed by atoms with Gasteiger partial charge in [-0.1, -0.05) is 18.2 Å². The molecule has 0 fully saturated rings. The molecular weight excluding hydrogens is 458 g/mol. The highest BCUT2D eigenvalue weighted by Gasteiger charge is 2.25. The van der Waals surface area contributed by atoms with Gasteiger partial charge in [0.1, 0.15) is 0 Å². The van der Waals surface area contributed by atoms with Crippen LogP contribution >= 0.6 is 0 Å². The minimum absolute atomic E-state index is 0.0455. The average Bonchev–Trinajstić information content (AvgIpc) is 2.93. The van der Waals surface area contributed by atoms with Gasteiger partial charge in [-0.2, -0.15) is 13.4 Å². The predicted octanol–water partition coefficient (Wildman–Crippen LogP) is 3.85. The molecule has 11 heteroatoms. The molecule has 0 spiro atoms. The maximum absolute atomic E-state index is 13.5. The molecule has 10 nitrogen and oxygen atoms in total. The maximum atomic E-state index is 13.5. The number of sulfonamides is 1. The van der Waals surface area contributed by atoms with E-state index in [1.165, 1.54) is 31.2 Å². The van der Waals surface area contributed by atoms with Crippen LogP contribution in [0.5, 0.6) is 23.1 Å². The van der Waals surface area contributed by atoms with Crippen LogP contribution < -0.4 is 18.9 Å². The van der Waals surface area contributed by atoms with E-state index in [4.69, 9.17) is 27.9 Å². The summed E-state index contributed by atoms with van der Waals surface area (Å²) >= 11 is 0. The SMILES string of the molecule is [2H]c1nc([2H])c([2H])c(-c2nc(NS(=O)(=O)c3nc([2H])c(C)c([2H])c3[2H])c(Oc3ccccc3OC([2H])([2H])[2H])c(OC)n2)c1[2H]. The van der Waals surface area contributed by atoms with E-state index in [1.807, 2.05) is 4.72 Å². The number of aromatic nitrogens is 4. The first kappa shape index (κ1) is 13.5. The number of para-hydroxylation sites is 2. The molecule has 1 N–H and O–H groups in total. The molecule has 0 bridgehead atoms. The molecule has 0 saturated heterocycles. The summed E-state index contributed by atoms with van der Waals surface area (Å²) in [4.78, 5) is 15.3. The number of methoxy groups -OCH3 is 2. The van der Waals surface area contributed by atoms with Gasteiger partial charge in [0, 0.05) is 24.1 Å². The lowest BCUT2D eigenvalue weighted by Gasteiger charge is -2.17. The second kappa shape index (κ2) is 9.71. The fourth-order valence-corrected chi connectivity index (χ4v) is 3.39. The van der Waals surface area contributed by atoms with Gasteiger partial charge in [0.2, 0.25) is 5.75 Å². The number of ether oxygens (including phenoxy) is 3. The number of rotatable bonds is 8. The van der Waals surface area contributed by atoms with Gasteiger partial charge >= 0.3 is 0 Å². The fourth-order valence-electron chi connectivity index (χ4n) is 2.55. The summed E-state index contributed by atoms with van der Waals surface area (Å²) in [5.41, 5.74) is -0.529. The third kappa shape index (κ3) is 4.89. The lowest BCUT2D eigenvalue weighted by Crippen LogP contribution is -2.17. The number of benzene rings is 1. The quantitative estimate of drug-likeness (QED) is 0.393. The normalized spacial score (nSPS) is 15.6. The van der Waals surface area contributed by atoms with Crippen LogP contribution in [0.25, 0.3) is 11.4 Å². The first-order valence-corrected chi connectivity index (χ1v) is 10.8. The summed E-state index contributed by atoms with van der Waals surface area (Å²) < 4.78 is 124. The Morgan fingerprint density at radius 1 is 1.03 bits per heavy atom. The Bertz CT molecular complexity index is 1870. The molecule has 0 aliphatic heterocycles. The van der Waals surface area contributed by atoms with Crippen molar-refractivity contribution in [2.45, 2.75) is 11.9 Å². The van der Waals surface area contributed by atoms with Crippen LogP contribution in [0, 0.1) is 6.92 Å². The van der Waals surface area contributed by atoms with Gasteiger partial charge in [-0.05, 0) is 42.7 Å². The van der Waals surface area contributed by atoms with Gasteiger partial charge in [-0.3, -0.25) is 9.71 Å². The summed E-state index contributed by atoms with van der Waals surface area (Å²) in [5, 5.41) is -1.01. The molecule has 3 heterocycles. The van der Waals surface area contributed by atoms with E-state index in [9.17, 15) is 8.42 Å². The van der Waals surface area contributed by atoms with Crippen molar-refractivity contribution in [1.82, 2.24) is 19.9 Å². The second-order valence-electron chi connectivity index (χ2n) is 6.35. The molecule has 0 amide bonds. The van der Waals surface area contributed by atoms with Gasteiger partial charge in [-0.15, -0.1) is 0 Å². The minimum Gasteiger partial charge on any atom is -0.493 e. The van der Waals surface area contributed by atoms with Crippen LogP contribution in [0.15, 0.2) is 72.0 Å².